The molecule has 2 aromatic rings. The monoisotopic (exact) mass is 319 g/mol. The maximum Gasteiger partial charge on any atom is 0.271 e. The molecule has 2 rings (SSSR count). The molecule has 1 aromatic carbocycles. The second-order valence-corrected chi connectivity index (χ2v) is 5.29. The molecule has 0 aliphatic rings. The summed E-state index contributed by atoms with van der Waals surface area (Å²) >= 11 is 10.0. The van der Waals surface area contributed by atoms with E-state index in [4.69, 9.17) is 11.6 Å². The Morgan fingerprint density at radius 2 is 2.12 bits per heavy atom. The minimum atomic E-state index is -0.461. The van der Waals surface area contributed by atoms with Crippen LogP contribution in [0.1, 0.15) is 0 Å². The predicted molar refractivity (Wildman–Crippen MR) is 64.7 cm³/mol. The Bertz CT molecular complexity index is 560. The van der Waals surface area contributed by atoms with Crippen LogP contribution in [0.5, 0.6) is 0 Å². The van der Waals surface area contributed by atoms with Crippen LogP contribution in [-0.2, 0) is 0 Å². The van der Waals surface area contributed by atoms with E-state index in [0.29, 0.717) is 19.5 Å². The van der Waals surface area contributed by atoms with E-state index in [2.05, 4.69) is 26.1 Å². The smallest absolute Gasteiger partial charge is 0.258 e. The highest BCUT2D eigenvalue weighted by Gasteiger charge is 2.12. The highest BCUT2D eigenvalue weighted by molar-refractivity contribution is 9.10. The van der Waals surface area contributed by atoms with E-state index in [1.54, 1.807) is 6.07 Å². The molecule has 0 spiro atoms. The molecular formula is C8H3BrClN3O2S. The van der Waals surface area contributed by atoms with Crippen LogP contribution in [0, 0.1) is 10.1 Å². The van der Waals surface area contributed by atoms with Crippen LogP contribution in [0.2, 0.25) is 4.47 Å². The number of non-ortho nitro benzene ring substituents is 1. The summed E-state index contributed by atoms with van der Waals surface area (Å²) in [6.45, 7) is 0. The van der Waals surface area contributed by atoms with Gasteiger partial charge in [-0.3, -0.25) is 10.1 Å². The van der Waals surface area contributed by atoms with E-state index < -0.39 is 4.92 Å². The van der Waals surface area contributed by atoms with Crippen LogP contribution in [0.25, 0.3) is 10.6 Å². The van der Waals surface area contributed by atoms with Gasteiger partial charge in [0.05, 0.1) is 4.92 Å². The zero-order valence-corrected chi connectivity index (χ0v) is 10.7. The van der Waals surface area contributed by atoms with Crippen molar-refractivity contribution in [1.29, 1.82) is 0 Å². The van der Waals surface area contributed by atoms with Crippen molar-refractivity contribution in [2.45, 2.75) is 0 Å². The first-order valence-corrected chi connectivity index (χ1v) is 5.99. The average molecular weight is 321 g/mol. The van der Waals surface area contributed by atoms with Gasteiger partial charge in [0.15, 0.2) is 0 Å². The molecule has 0 aliphatic carbocycles. The second kappa shape index (κ2) is 4.44. The molecule has 0 radical (unpaired) electrons. The number of rotatable bonds is 2. The van der Waals surface area contributed by atoms with Crippen LogP contribution >= 0.6 is 38.9 Å². The summed E-state index contributed by atoms with van der Waals surface area (Å²) in [5.41, 5.74) is 0.612. The number of hydrogen-bond donors (Lipinski definition) is 0. The minimum Gasteiger partial charge on any atom is -0.258 e. The third kappa shape index (κ3) is 2.37. The second-order valence-electron chi connectivity index (χ2n) is 2.82. The molecule has 0 unspecified atom stereocenters. The van der Waals surface area contributed by atoms with Gasteiger partial charge >= 0.3 is 0 Å². The van der Waals surface area contributed by atoms with Gasteiger partial charge in [0.1, 0.15) is 5.01 Å². The zero-order chi connectivity index (χ0) is 11.7. The number of hydrogen-bond acceptors (Lipinski definition) is 5. The molecule has 1 heterocycles. The van der Waals surface area contributed by atoms with Crippen LogP contribution in [0.15, 0.2) is 22.7 Å². The SMILES string of the molecule is O=[N+]([O-])c1cc(Br)cc(-c2nnc(Cl)s2)c1. The highest BCUT2D eigenvalue weighted by Crippen LogP contribution is 2.31. The first kappa shape index (κ1) is 11.4. The minimum absolute atomic E-state index is 0.00398. The summed E-state index contributed by atoms with van der Waals surface area (Å²) in [5, 5.41) is 18.7. The zero-order valence-electron chi connectivity index (χ0n) is 7.55. The molecule has 0 aliphatic heterocycles. The lowest BCUT2D eigenvalue weighted by atomic mass is 10.2. The quantitative estimate of drug-likeness (QED) is 0.627. The normalized spacial score (nSPS) is 10.4. The number of aromatic nitrogens is 2. The van der Waals surface area contributed by atoms with Crippen molar-refractivity contribution in [3.05, 3.63) is 37.3 Å². The Morgan fingerprint density at radius 1 is 1.38 bits per heavy atom. The van der Waals surface area contributed by atoms with E-state index in [-0.39, 0.29) is 5.69 Å². The van der Waals surface area contributed by atoms with Gasteiger partial charge in [0, 0.05) is 22.2 Å². The lowest BCUT2D eigenvalue weighted by Crippen LogP contribution is -1.88. The van der Waals surface area contributed by atoms with Gasteiger partial charge in [-0.1, -0.05) is 27.3 Å². The van der Waals surface area contributed by atoms with Crippen molar-refractivity contribution in [3.63, 3.8) is 0 Å². The van der Waals surface area contributed by atoms with Gasteiger partial charge in [0.2, 0.25) is 4.47 Å². The van der Waals surface area contributed by atoms with Crippen molar-refractivity contribution < 1.29 is 4.92 Å². The van der Waals surface area contributed by atoms with Crippen LogP contribution in [0.4, 0.5) is 5.69 Å². The van der Waals surface area contributed by atoms with Gasteiger partial charge in [-0.15, -0.1) is 10.2 Å². The Balaban J connectivity index is 2.53. The number of nitrogens with zero attached hydrogens (tertiary/aromatic N) is 3. The summed E-state index contributed by atoms with van der Waals surface area (Å²) in [5.74, 6) is 0. The van der Waals surface area contributed by atoms with Gasteiger partial charge in [-0.25, -0.2) is 0 Å². The molecule has 1 aromatic heterocycles. The fourth-order valence-electron chi connectivity index (χ4n) is 1.13. The molecule has 0 bridgehead atoms. The molecule has 16 heavy (non-hydrogen) atoms. The Labute approximate surface area is 107 Å². The van der Waals surface area contributed by atoms with E-state index in [1.807, 2.05) is 0 Å². The third-order valence-corrected chi connectivity index (χ3v) is 3.27. The molecule has 0 fully saturated rings. The standard InChI is InChI=1S/C8H3BrClN3O2S/c9-5-1-4(2-6(3-5)13(14)15)7-11-12-8(10)16-7/h1-3H. The van der Waals surface area contributed by atoms with Crippen molar-refractivity contribution >= 4 is 44.6 Å². The van der Waals surface area contributed by atoms with E-state index >= 15 is 0 Å². The maximum absolute atomic E-state index is 10.7. The van der Waals surface area contributed by atoms with Gasteiger partial charge in [0.25, 0.3) is 5.69 Å². The van der Waals surface area contributed by atoms with Crippen LogP contribution in [-0.4, -0.2) is 15.1 Å². The lowest BCUT2D eigenvalue weighted by molar-refractivity contribution is -0.384. The predicted octanol–water partition coefficient (Wildman–Crippen LogP) is 3.53. The lowest BCUT2D eigenvalue weighted by Gasteiger charge is -1.97. The van der Waals surface area contributed by atoms with Crippen LogP contribution < -0.4 is 0 Å². The fourth-order valence-corrected chi connectivity index (χ4v) is 2.42. The van der Waals surface area contributed by atoms with Crippen molar-refractivity contribution in [2.24, 2.45) is 0 Å². The summed E-state index contributed by atoms with van der Waals surface area (Å²) in [6, 6.07) is 4.58. The largest absolute Gasteiger partial charge is 0.271 e. The van der Waals surface area contributed by atoms with Crippen molar-refractivity contribution in [3.8, 4) is 10.6 Å². The Morgan fingerprint density at radius 3 is 2.69 bits per heavy atom. The van der Waals surface area contributed by atoms with Crippen molar-refractivity contribution in [2.75, 3.05) is 0 Å². The number of halogens is 2. The summed E-state index contributed by atoms with van der Waals surface area (Å²) in [4.78, 5) is 10.2. The average Bonchev–Trinajstić information content (AvgIpc) is 2.64. The van der Waals surface area contributed by atoms with E-state index in [1.165, 1.54) is 23.5 Å². The first-order valence-electron chi connectivity index (χ1n) is 4.00. The van der Waals surface area contributed by atoms with Gasteiger partial charge < -0.3 is 0 Å². The van der Waals surface area contributed by atoms with Gasteiger partial charge in [-0.05, 0) is 17.7 Å². The van der Waals surface area contributed by atoms with E-state index in [9.17, 15) is 10.1 Å². The van der Waals surface area contributed by atoms with Crippen LogP contribution in [0.3, 0.4) is 0 Å². The molecule has 0 saturated heterocycles. The van der Waals surface area contributed by atoms with E-state index in [0.717, 1.165) is 0 Å². The fraction of sp³-hybridized carbons (Fsp3) is 0. The van der Waals surface area contributed by atoms with Gasteiger partial charge in [-0.2, -0.15) is 0 Å². The Hall–Kier alpha value is -1.05. The molecule has 8 heteroatoms. The number of nitro benzene ring substituents is 1. The third-order valence-electron chi connectivity index (χ3n) is 1.74. The summed E-state index contributed by atoms with van der Waals surface area (Å²) in [6.07, 6.45) is 0. The van der Waals surface area contributed by atoms with Crippen molar-refractivity contribution in [1.82, 2.24) is 10.2 Å². The molecule has 0 saturated carbocycles. The number of benzene rings is 1. The molecule has 5 nitrogen and oxygen atoms in total. The molecular weight excluding hydrogens is 318 g/mol. The number of nitro groups is 1. The summed E-state index contributed by atoms with van der Waals surface area (Å²) < 4.78 is 0.917. The Kier molecular flexibility index (Phi) is 3.17. The highest BCUT2D eigenvalue weighted by atomic mass is 79.9. The molecule has 0 N–H and O–H groups in total. The molecule has 82 valence electrons. The maximum atomic E-state index is 10.7. The molecule has 0 amide bonds. The first-order chi connectivity index (χ1) is 7.56. The summed E-state index contributed by atoms with van der Waals surface area (Å²) in [7, 11) is 0. The molecule has 0 atom stereocenters. The topological polar surface area (TPSA) is 68.9 Å².